The van der Waals surface area contributed by atoms with Crippen molar-refractivity contribution in [2.75, 3.05) is 0 Å². The monoisotopic (exact) mass is 340 g/mol. The van der Waals surface area contributed by atoms with Crippen LogP contribution in [0.1, 0.15) is 0 Å². The molecule has 1 heteroatoms. The molecule has 0 N–H and O–H groups in total. The van der Waals surface area contributed by atoms with E-state index >= 15 is 0 Å². The first-order valence-corrected chi connectivity index (χ1v) is 9.18. The van der Waals surface area contributed by atoms with Crippen molar-refractivity contribution in [1.29, 1.82) is 0 Å². The van der Waals surface area contributed by atoms with Crippen LogP contribution in [0.4, 0.5) is 0 Å². The summed E-state index contributed by atoms with van der Waals surface area (Å²) in [6.45, 7) is 0. The molecule has 0 saturated heterocycles. The number of hydrogen-bond acceptors (Lipinski definition) is 0. The summed E-state index contributed by atoms with van der Waals surface area (Å²) in [5.74, 6) is 0. The summed E-state index contributed by atoms with van der Waals surface area (Å²) in [6, 6.07) is 36.1. The molecule has 5 aromatic rings. The van der Waals surface area contributed by atoms with E-state index in [1.165, 1.54) is 33.0 Å². The van der Waals surface area contributed by atoms with Gasteiger partial charge in [0.15, 0.2) is 0 Å². The first-order chi connectivity index (χ1) is 13.3. The maximum absolute atomic E-state index is 6.52. The smallest absolute Gasteiger partial charge is 0.0812 e. The van der Waals surface area contributed by atoms with E-state index in [9.17, 15) is 0 Å². The normalized spacial score (nSPS) is 11.1. The van der Waals surface area contributed by atoms with E-state index < -0.39 is 0 Å². The van der Waals surface area contributed by atoms with Crippen LogP contribution in [0.5, 0.6) is 0 Å². The zero-order valence-corrected chi connectivity index (χ0v) is 14.9. The van der Waals surface area contributed by atoms with Crippen molar-refractivity contribution >= 4 is 34.9 Å². The van der Waals surface area contributed by atoms with Crippen molar-refractivity contribution in [2.24, 2.45) is 0 Å². The zero-order valence-electron chi connectivity index (χ0n) is 14.9. The van der Waals surface area contributed by atoms with Crippen LogP contribution in [0.2, 0.25) is 0 Å². The number of benzene rings is 5. The Morgan fingerprint density at radius 3 is 1.52 bits per heavy atom. The van der Waals surface area contributed by atoms with E-state index in [1.807, 2.05) is 6.07 Å². The lowest BCUT2D eigenvalue weighted by molar-refractivity contribution is 1.61. The average molecular weight is 340 g/mol. The largest absolute Gasteiger partial charge is 0.115 e. The molecule has 0 atom stereocenters. The van der Waals surface area contributed by atoms with Gasteiger partial charge in [-0.05, 0) is 49.9 Å². The lowest BCUT2D eigenvalue weighted by atomic mass is 9.81. The Bertz CT molecular complexity index is 1210. The summed E-state index contributed by atoms with van der Waals surface area (Å²) < 4.78 is 0. The van der Waals surface area contributed by atoms with Gasteiger partial charge in [-0.2, -0.15) is 0 Å². The molecule has 27 heavy (non-hydrogen) atoms. The molecular weight excluding hydrogens is 323 g/mol. The highest BCUT2D eigenvalue weighted by Crippen LogP contribution is 2.36. The van der Waals surface area contributed by atoms with E-state index in [0.717, 1.165) is 16.2 Å². The fourth-order valence-corrected chi connectivity index (χ4v) is 3.96. The SMILES string of the molecule is [B]c1c2ccccc2c(-c2cccc(-c3ccccc3)c2)c2ccccc12. The van der Waals surface area contributed by atoms with Gasteiger partial charge in [0.05, 0.1) is 0 Å². The molecule has 0 heterocycles. The van der Waals surface area contributed by atoms with E-state index in [4.69, 9.17) is 7.85 Å². The van der Waals surface area contributed by atoms with E-state index in [0.29, 0.717) is 0 Å². The Hall–Kier alpha value is -3.32. The molecule has 0 unspecified atom stereocenters. The molecule has 0 saturated carbocycles. The molecular formula is C26H17B. The molecule has 124 valence electrons. The van der Waals surface area contributed by atoms with E-state index in [1.54, 1.807) is 0 Å². The molecule has 0 aliphatic heterocycles. The predicted molar refractivity (Wildman–Crippen MR) is 118 cm³/mol. The van der Waals surface area contributed by atoms with Crippen molar-refractivity contribution in [1.82, 2.24) is 0 Å². The summed E-state index contributed by atoms with van der Waals surface area (Å²) in [4.78, 5) is 0. The summed E-state index contributed by atoms with van der Waals surface area (Å²) in [5.41, 5.74) is 5.75. The Balaban J connectivity index is 1.86. The summed E-state index contributed by atoms with van der Waals surface area (Å²) in [5, 5.41) is 4.60. The van der Waals surface area contributed by atoms with Crippen LogP contribution in [0.25, 0.3) is 43.8 Å². The van der Waals surface area contributed by atoms with Crippen LogP contribution >= 0.6 is 0 Å². The number of rotatable bonds is 2. The van der Waals surface area contributed by atoms with Crippen LogP contribution in [0.15, 0.2) is 103 Å². The maximum atomic E-state index is 6.52. The number of fused-ring (bicyclic) bond motifs is 2. The molecule has 0 spiro atoms. The molecule has 0 bridgehead atoms. The predicted octanol–water partition coefficient (Wildman–Crippen LogP) is 6.12. The van der Waals surface area contributed by atoms with Crippen molar-refractivity contribution < 1.29 is 0 Å². The van der Waals surface area contributed by atoms with E-state index in [-0.39, 0.29) is 0 Å². The van der Waals surface area contributed by atoms with Gasteiger partial charge < -0.3 is 0 Å². The van der Waals surface area contributed by atoms with Gasteiger partial charge in [-0.1, -0.05) is 103 Å². The molecule has 0 nitrogen and oxygen atoms in total. The van der Waals surface area contributed by atoms with Crippen LogP contribution in [-0.2, 0) is 0 Å². The Morgan fingerprint density at radius 1 is 0.407 bits per heavy atom. The van der Waals surface area contributed by atoms with Gasteiger partial charge in [0.2, 0.25) is 0 Å². The molecule has 5 rings (SSSR count). The van der Waals surface area contributed by atoms with Crippen molar-refractivity contribution in [3.05, 3.63) is 103 Å². The minimum atomic E-state index is 0.851. The fourth-order valence-electron chi connectivity index (χ4n) is 3.96. The maximum Gasteiger partial charge on any atom is 0.115 e. The van der Waals surface area contributed by atoms with Gasteiger partial charge in [0, 0.05) is 0 Å². The molecule has 0 amide bonds. The second-order valence-corrected chi connectivity index (χ2v) is 6.83. The van der Waals surface area contributed by atoms with Gasteiger partial charge in [0.1, 0.15) is 7.85 Å². The minimum absolute atomic E-state index is 0.851. The van der Waals surface area contributed by atoms with Gasteiger partial charge in [0.25, 0.3) is 0 Å². The Kier molecular flexibility index (Phi) is 3.80. The lowest BCUT2D eigenvalue weighted by Crippen LogP contribution is -2.07. The molecule has 0 aromatic heterocycles. The highest BCUT2D eigenvalue weighted by Gasteiger charge is 2.12. The van der Waals surface area contributed by atoms with Crippen LogP contribution in [-0.4, -0.2) is 7.85 Å². The summed E-state index contributed by atoms with van der Waals surface area (Å²) in [6.07, 6.45) is 0. The number of hydrogen-bond donors (Lipinski definition) is 0. The van der Waals surface area contributed by atoms with Crippen LogP contribution < -0.4 is 5.46 Å². The van der Waals surface area contributed by atoms with Crippen LogP contribution in [0.3, 0.4) is 0 Å². The van der Waals surface area contributed by atoms with Gasteiger partial charge >= 0.3 is 0 Å². The molecule has 2 radical (unpaired) electrons. The van der Waals surface area contributed by atoms with Crippen molar-refractivity contribution in [2.45, 2.75) is 0 Å². The highest BCUT2D eigenvalue weighted by molar-refractivity contribution is 6.46. The second kappa shape index (κ2) is 6.44. The lowest BCUT2D eigenvalue weighted by Gasteiger charge is -2.16. The molecule has 0 fully saturated rings. The zero-order chi connectivity index (χ0) is 18.2. The molecule has 0 aliphatic carbocycles. The van der Waals surface area contributed by atoms with E-state index in [2.05, 4.69) is 97.1 Å². The quantitative estimate of drug-likeness (QED) is 0.268. The Labute approximate surface area is 160 Å². The van der Waals surface area contributed by atoms with Gasteiger partial charge in [-0.25, -0.2) is 0 Å². The third-order valence-electron chi connectivity index (χ3n) is 5.23. The minimum Gasteiger partial charge on any atom is -0.0812 e. The van der Waals surface area contributed by atoms with Gasteiger partial charge in [-0.15, -0.1) is 0 Å². The summed E-state index contributed by atoms with van der Waals surface area (Å²) >= 11 is 0. The fraction of sp³-hybridized carbons (Fsp3) is 0. The Morgan fingerprint density at radius 2 is 0.889 bits per heavy atom. The van der Waals surface area contributed by atoms with Crippen molar-refractivity contribution in [3.8, 4) is 22.3 Å². The van der Waals surface area contributed by atoms with Crippen molar-refractivity contribution in [3.63, 3.8) is 0 Å². The molecule has 0 aliphatic rings. The average Bonchev–Trinajstić information content (AvgIpc) is 2.75. The standard InChI is InChI=1S/C26H17B/c27-26-23-15-6-4-13-21(23)25(22-14-5-7-16-24(22)26)20-12-8-11-19(17-20)18-9-2-1-3-10-18/h1-17H. The third-order valence-corrected chi connectivity index (χ3v) is 5.23. The van der Waals surface area contributed by atoms with Gasteiger partial charge in [-0.3, -0.25) is 0 Å². The highest BCUT2D eigenvalue weighted by atomic mass is 14.1. The second-order valence-electron chi connectivity index (χ2n) is 6.83. The topological polar surface area (TPSA) is 0 Å². The first-order valence-electron chi connectivity index (χ1n) is 9.18. The summed E-state index contributed by atoms with van der Waals surface area (Å²) in [7, 11) is 6.52. The molecule has 5 aromatic carbocycles. The third kappa shape index (κ3) is 2.64. The first kappa shape index (κ1) is 15.9. The van der Waals surface area contributed by atoms with Crippen LogP contribution in [0, 0.1) is 0 Å².